The summed E-state index contributed by atoms with van der Waals surface area (Å²) < 4.78 is 5.94. The molecule has 1 aromatic rings. The molecular formula is C21H29NO2. The standard InChI is InChI=1S/C21H29NO2/c23-16-7-6-15-12-20-18-5-1-2-8-21(18,19(15)13-16)9-10-22(20)14-17-4-3-11-24-17/h6-7,13,17-18,20,23H,1-5,8-12,14H2/t17-,18-,20-,21+/m0/s1. The van der Waals surface area contributed by atoms with E-state index in [-0.39, 0.29) is 0 Å². The number of piperidine rings is 1. The summed E-state index contributed by atoms with van der Waals surface area (Å²) in [6, 6.07) is 6.86. The van der Waals surface area contributed by atoms with E-state index in [0.29, 0.717) is 23.3 Å². The van der Waals surface area contributed by atoms with Crippen LogP contribution in [0.15, 0.2) is 18.2 Å². The van der Waals surface area contributed by atoms with Gasteiger partial charge in [-0.05, 0) is 74.2 Å². The van der Waals surface area contributed by atoms with Crippen molar-refractivity contribution in [3.05, 3.63) is 29.3 Å². The number of rotatable bonds is 2. The molecule has 4 atom stereocenters. The third-order valence-corrected chi connectivity index (χ3v) is 7.40. The molecule has 2 saturated heterocycles. The van der Waals surface area contributed by atoms with E-state index in [2.05, 4.69) is 17.0 Å². The Balaban J connectivity index is 1.51. The smallest absolute Gasteiger partial charge is 0.115 e. The minimum absolute atomic E-state index is 0.336. The molecule has 0 unspecified atom stereocenters. The van der Waals surface area contributed by atoms with Gasteiger partial charge >= 0.3 is 0 Å². The lowest BCUT2D eigenvalue weighted by Gasteiger charge is -2.59. The highest BCUT2D eigenvalue weighted by Gasteiger charge is 2.53. The van der Waals surface area contributed by atoms with E-state index in [1.165, 1.54) is 62.6 Å². The fraction of sp³-hybridized carbons (Fsp3) is 0.714. The second-order valence-electron chi connectivity index (χ2n) is 8.50. The molecule has 24 heavy (non-hydrogen) atoms. The first-order chi connectivity index (χ1) is 11.8. The number of fused-ring (bicyclic) bond motifs is 1. The predicted octanol–water partition coefficient (Wildman–Crippen LogP) is 3.63. The summed E-state index contributed by atoms with van der Waals surface area (Å²) in [6.07, 6.45) is 10.8. The number of benzene rings is 1. The van der Waals surface area contributed by atoms with Crippen molar-refractivity contribution in [2.24, 2.45) is 5.92 Å². The van der Waals surface area contributed by atoms with Crippen molar-refractivity contribution in [2.45, 2.75) is 68.9 Å². The van der Waals surface area contributed by atoms with Gasteiger partial charge in [0.25, 0.3) is 0 Å². The molecule has 0 radical (unpaired) electrons. The first-order valence-corrected chi connectivity index (χ1v) is 9.94. The Morgan fingerprint density at radius 3 is 3.00 bits per heavy atom. The van der Waals surface area contributed by atoms with E-state index in [1.54, 1.807) is 0 Å². The Hall–Kier alpha value is -1.06. The third kappa shape index (κ3) is 2.24. The molecule has 1 aromatic carbocycles. The number of hydrogen-bond donors (Lipinski definition) is 1. The fourth-order valence-electron chi connectivity index (χ4n) is 6.35. The molecule has 2 heterocycles. The van der Waals surface area contributed by atoms with Crippen molar-refractivity contribution in [1.29, 1.82) is 0 Å². The molecule has 3 nitrogen and oxygen atoms in total. The van der Waals surface area contributed by atoms with Crippen LogP contribution in [0.25, 0.3) is 0 Å². The molecule has 2 aliphatic heterocycles. The zero-order chi connectivity index (χ0) is 16.1. The van der Waals surface area contributed by atoms with E-state index < -0.39 is 0 Å². The van der Waals surface area contributed by atoms with Gasteiger partial charge in [0.05, 0.1) is 6.10 Å². The Labute approximate surface area is 145 Å². The number of phenols is 1. The second-order valence-corrected chi connectivity index (χ2v) is 8.50. The Morgan fingerprint density at radius 2 is 2.12 bits per heavy atom. The summed E-state index contributed by atoms with van der Waals surface area (Å²) in [6.45, 7) is 3.29. The molecule has 4 aliphatic rings. The van der Waals surface area contributed by atoms with Crippen LogP contribution in [0.3, 0.4) is 0 Å². The van der Waals surface area contributed by atoms with Gasteiger partial charge in [-0.3, -0.25) is 4.90 Å². The summed E-state index contributed by atoms with van der Waals surface area (Å²) >= 11 is 0. The van der Waals surface area contributed by atoms with Crippen LogP contribution in [-0.2, 0) is 16.6 Å². The molecule has 0 amide bonds. The van der Waals surface area contributed by atoms with Gasteiger partial charge in [-0.15, -0.1) is 0 Å². The van der Waals surface area contributed by atoms with Crippen molar-refractivity contribution >= 4 is 0 Å². The van der Waals surface area contributed by atoms with Crippen LogP contribution >= 0.6 is 0 Å². The maximum absolute atomic E-state index is 10.1. The lowest BCUT2D eigenvalue weighted by atomic mass is 9.52. The van der Waals surface area contributed by atoms with Gasteiger partial charge in [-0.1, -0.05) is 18.9 Å². The summed E-state index contributed by atoms with van der Waals surface area (Å²) in [5.74, 6) is 1.23. The van der Waals surface area contributed by atoms with Gasteiger partial charge < -0.3 is 9.84 Å². The van der Waals surface area contributed by atoms with Crippen LogP contribution in [0.5, 0.6) is 5.75 Å². The zero-order valence-corrected chi connectivity index (χ0v) is 14.5. The number of hydrogen-bond acceptors (Lipinski definition) is 3. The van der Waals surface area contributed by atoms with Crippen LogP contribution < -0.4 is 0 Å². The van der Waals surface area contributed by atoms with Crippen LogP contribution in [0.1, 0.15) is 56.1 Å². The molecule has 1 N–H and O–H groups in total. The van der Waals surface area contributed by atoms with Crippen LogP contribution in [0, 0.1) is 5.92 Å². The highest BCUT2D eigenvalue weighted by atomic mass is 16.5. The number of ether oxygens (including phenoxy) is 1. The lowest BCUT2D eigenvalue weighted by molar-refractivity contribution is -0.0347. The van der Waals surface area contributed by atoms with Gasteiger partial charge in [-0.2, -0.15) is 0 Å². The number of likely N-dealkylation sites (tertiary alicyclic amines) is 1. The van der Waals surface area contributed by atoms with Crippen molar-refractivity contribution in [2.75, 3.05) is 19.7 Å². The second kappa shape index (κ2) is 5.74. The molecule has 130 valence electrons. The molecule has 3 fully saturated rings. The minimum atomic E-state index is 0.336. The van der Waals surface area contributed by atoms with E-state index in [9.17, 15) is 5.11 Å². The molecule has 2 bridgehead atoms. The minimum Gasteiger partial charge on any atom is -0.508 e. The van der Waals surface area contributed by atoms with Crippen LogP contribution in [-0.4, -0.2) is 41.8 Å². The molecule has 1 saturated carbocycles. The van der Waals surface area contributed by atoms with Crippen molar-refractivity contribution in [3.8, 4) is 5.75 Å². The zero-order valence-electron chi connectivity index (χ0n) is 14.5. The molecule has 3 heteroatoms. The van der Waals surface area contributed by atoms with Gasteiger partial charge in [0.2, 0.25) is 0 Å². The average Bonchev–Trinajstić information content (AvgIpc) is 3.11. The van der Waals surface area contributed by atoms with Crippen LogP contribution in [0.2, 0.25) is 0 Å². The Kier molecular flexibility index (Phi) is 3.64. The van der Waals surface area contributed by atoms with E-state index in [1.807, 2.05) is 6.07 Å². The fourth-order valence-corrected chi connectivity index (χ4v) is 6.35. The Bertz CT molecular complexity index is 624. The molecular weight excluding hydrogens is 298 g/mol. The maximum atomic E-state index is 10.1. The molecule has 5 rings (SSSR count). The normalized spacial score (nSPS) is 38.6. The summed E-state index contributed by atoms with van der Waals surface area (Å²) in [5, 5.41) is 10.1. The SMILES string of the molecule is Oc1ccc2c(c1)[C@@]13CCCC[C@H]1[C@H](C2)N(C[C@@H]1CCCO1)CC3. The monoisotopic (exact) mass is 327 g/mol. The van der Waals surface area contributed by atoms with Crippen molar-refractivity contribution in [3.63, 3.8) is 0 Å². The Morgan fingerprint density at radius 1 is 1.17 bits per heavy atom. The van der Waals surface area contributed by atoms with Gasteiger partial charge in [0.1, 0.15) is 5.75 Å². The predicted molar refractivity (Wildman–Crippen MR) is 94.4 cm³/mol. The quantitative estimate of drug-likeness (QED) is 0.900. The maximum Gasteiger partial charge on any atom is 0.115 e. The topological polar surface area (TPSA) is 32.7 Å². The highest BCUT2D eigenvalue weighted by Crippen LogP contribution is 2.56. The molecule has 0 aromatic heterocycles. The first kappa shape index (κ1) is 15.2. The van der Waals surface area contributed by atoms with Gasteiger partial charge in [0, 0.05) is 24.6 Å². The lowest BCUT2D eigenvalue weighted by Crippen LogP contribution is -2.61. The number of phenolic OH excluding ortho intramolecular Hbond substituents is 1. The summed E-state index contributed by atoms with van der Waals surface area (Å²) in [7, 11) is 0. The van der Waals surface area contributed by atoms with Crippen LogP contribution in [0.4, 0.5) is 0 Å². The van der Waals surface area contributed by atoms with E-state index in [0.717, 1.165) is 25.5 Å². The number of nitrogens with zero attached hydrogens (tertiary/aromatic N) is 1. The summed E-state index contributed by atoms with van der Waals surface area (Å²) in [5.41, 5.74) is 3.32. The van der Waals surface area contributed by atoms with E-state index >= 15 is 0 Å². The molecule has 2 aliphatic carbocycles. The van der Waals surface area contributed by atoms with Crippen molar-refractivity contribution in [1.82, 2.24) is 4.90 Å². The van der Waals surface area contributed by atoms with Gasteiger partial charge in [0.15, 0.2) is 0 Å². The number of aromatic hydroxyl groups is 1. The third-order valence-electron chi connectivity index (χ3n) is 7.40. The highest BCUT2D eigenvalue weighted by molar-refractivity contribution is 5.45. The summed E-state index contributed by atoms with van der Waals surface area (Å²) in [4.78, 5) is 2.76. The average molecular weight is 327 g/mol. The van der Waals surface area contributed by atoms with E-state index in [4.69, 9.17) is 4.74 Å². The van der Waals surface area contributed by atoms with Crippen molar-refractivity contribution < 1.29 is 9.84 Å². The first-order valence-electron chi connectivity index (χ1n) is 9.94. The van der Waals surface area contributed by atoms with Gasteiger partial charge in [-0.25, -0.2) is 0 Å². The largest absolute Gasteiger partial charge is 0.508 e. The molecule has 0 spiro atoms.